The van der Waals surface area contributed by atoms with Gasteiger partial charge in [0.15, 0.2) is 11.5 Å². The van der Waals surface area contributed by atoms with Gasteiger partial charge in [0.2, 0.25) is 5.95 Å². The molecule has 0 aliphatic carbocycles. The molecule has 2 bridgehead atoms. The summed E-state index contributed by atoms with van der Waals surface area (Å²) in [6, 6.07) is 4.66. The number of hydrogen-bond donors (Lipinski definition) is 2. The van der Waals surface area contributed by atoms with Gasteiger partial charge in [-0.15, -0.1) is 0 Å². The van der Waals surface area contributed by atoms with E-state index < -0.39 is 0 Å². The van der Waals surface area contributed by atoms with Gasteiger partial charge >= 0.3 is 0 Å². The highest BCUT2D eigenvalue weighted by atomic mass is 35.5. The van der Waals surface area contributed by atoms with Gasteiger partial charge in [-0.25, -0.2) is 4.98 Å². The van der Waals surface area contributed by atoms with Crippen molar-refractivity contribution in [3.8, 4) is 11.1 Å². The van der Waals surface area contributed by atoms with Gasteiger partial charge in [-0.2, -0.15) is 4.98 Å². The number of hydrogen-bond acceptors (Lipinski definition) is 6. The second-order valence-electron chi connectivity index (χ2n) is 8.96. The molecular weight excluding hydrogens is 428 g/mol. The predicted molar refractivity (Wildman–Crippen MR) is 125 cm³/mol. The normalized spacial score (nSPS) is 23.0. The molecule has 4 aromatic rings. The lowest BCUT2D eigenvalue weighted by molar-refractivity contribution is 0.405. The number of piperidine rings is 1. The van der Waals surface area contributed by atoms with E-state index in [0.717, 1.165) is 31.2 Å². The van der Waals surface area contributed by atoms with Crippen LogP contribution in [0.3, 0.4) is 0 Å². The summed E-state index contributed by atoms with van der Waals surface area (Å²) in [5.74, 6) is 1.34. The standard InChI is InChI=1S/C23H25ClN6O2/c1-3-17-27-16-7-6-14(19(24)20(16)32-17)15-10-26-21-18(15)22(31)29(2)23(28-21)30-12-4-5-13(30)9-11(25)8-12/h6-7,10-13,26H,3-5,8-9,25H2,1-2H3/t11-,12+,13-. The Labute approximate surface area is 189 Å². The third kappa shape index (κ3) is 2.75. The molecule has 32 heavy (non-hydrogen) atoms. The van der Waals surface area contributed by atoms with Crippen LogP contribution in [-0.2, 0) is 13.5 Å². The summed E-state index contributed by atoms with van der Waals surface area (Å²) in [7, 11) is 1.80. The molecule has 0 spiro atoms. The molecule has 2 aliphatic heterocycles. The molecule has 166 valence electrons. The zero-order valence-electron chi connectivity index (χ0n) is 18.1. The zero-order valence-corrected chi connectivity index (χ0v) is 18.8. The third-order valence-corrected chi connectivity index (χ3v) is 7.40. The van der Waals surface area contributed by atoms with Crippen LogP contribution in [0.5, 0.6) is 0 Å². The van der Waals surface area contributed by atoms with E-state index in [1.165, 1.54) is 0 Å². The van der Waals surface area contributed by atoms with E-state index in [0.29, 0.717) is 63.1 Å². The van der Waals surface area contributed by atoms with Crippen LogP contribution in [0, 0.1) is 0 Å². The summed E-state index contributed by atoms with van der Waals surface area (Å²) in [5.41, 5.74) is 9.39. The van der Waals surface area contributed by atoms with E-state index >= 15 is 0 Å². The number of nitrogens with zero attached hydrogens (tertiary/aromatic N) is 4. The summed E-state index contributed by atoms with van der Waals surface area (Å²) in [6.45, 7) is 1.98. The first kappa shape index (κ1) is 19.8. The Kier molecular flexibility index (Phi) is 4.39. The van der Waals surface area contributed by atoms with E-state index in [4.69, 9.17) is 26.7 Å². The minimum absolute atomic E-state index is 0.0986. The summed E-state index contributed by atoms with van der Waals surface area (Å²) in [4.78, 5) is 28.4. The Hall–Kier alpha value is -2.84. The summed E-state index contributed by atoms with van der Waals surface area (Å²) >= 11 is 6.71. The van der Waals surface area contributed by atoms with Gasteiger partial charge in [-0.1, -0.05) is 24.6 Å². The molecule has 0 unspecified atom stereocenters. The number of fused-ring (bicyclic) bond motifs is 4. The number of aromatic nitrogens is 4. The van der Waals surface area contributed by atoms with Crippen LogP contribution in [0.25, 0.3) is 33.3 Å². The van der Waals surface area contributed by atoms with E-state index in [1.807, 2.05) is 19.1 Å². The Morgan fingerprint density at radius 3 is 2.69 bits per heavy atom. The molecule has 8 nitrogen and oxygen atoms in total. The molecule has 3 atom stereocenters. The molecule has 0 radical (unpaired) electrons. The lowest BCUT2D eigenvalue weighted by atomic mass is 9.98. The van der Waals surface area contributed by atoms with Crippen molar-refractivity contribution in [2.24, 2.45) is 12.8 Å². The fraction of sp³-hybridized carbons (Fsp3) is 0.435. The van der Waals surface area contributed by atoms with Crippen LogP contribution in [0.1, 0.15) is 38.5 Å². The second-order valence-corrected chi connectivity index (χ2v) is 9.34. The topological polar surface area (TPSA) is 106 Å². The average molecular weight is 453 g/mol. The Balaban J connectivity index is 1.50. The quantitative estimate of drug-likeness (QED) is 0.490. The second kappa shape index (κ2) is 7.08. The van der Waals surface area contributed by atoms with Crippen LogP contribution in [0.15, 0.2) is 27.5 Å². The molecular formula is C23H25ClN6O2. The molecule has 9 heteroatoms. The Morgan fingerprint density at radius 2 is 1.97 bits per heavy atom. The first-order chi connectivity index (χ1) is 15.5. The number of rotatable bonds is 3. The van der Waals surface area contributed by atoms with Crippen molar-refractivity contribution in [3.05, 3.63) is 39.6 Å². The van der Waals surface area contributed by atoms with Gasteiger partial charge in [0.1, 0.15) is 11.2 Å². The van der Waals surface area contributed by atoms with Crippen LogP contribution in [0.2, 0.25) is 5.02 Å². The number of benzene rings is 1. The molecule has 2 fully saturated rings. The first-order valence-electron chi connectivity index (χ1n) is 11.2. The molecule has 1 aromatic carbocycles. The highest BCUT2D eigenvalue weighted by molar-refractivity contribution is 6.37. The number of halogens is 1. The SMILES string of the molecule is CCc1nc2ccc(-c3c[nH]c4nc(N5[C@@H]6CC[C@H]5C[C@@H](N)C6)n(C)c(=O)c34)c(Cl)c2o1. The Bertz CT molecular complexity index is 1410. The van der Waals surface area contributed by atoms with E-state index in [1.54, 1.807) is 17.8 Å². The lowest BCUT2D eigenvalue weighted by Crippen LogP contribution is -2.49. The number of nitrogens with one attached hydrogen (secondary N) is 1. The predicted octanol–water partition coefficient (Wildman–Crippen LogP) is 3.74. The van der Waals surface area contributed by atoms with Crippen LogP contribution >= 0.6 is 11.6 Å². The smallest absolute Gasteiger partial charge is 0.264 e. The fourth-order valence-electron chi connectivity index (χ4n) is 5.50. The minimum Gasteiger partial charge on any atom is -0.439 e. The molecule has 3 N–H and O–H groups in total. The molecule has 2 saturated heterocycles. The highest BCUT2D eigenvalue weighted by Crippen LogP contribution is 2.40. The minimum atomic E-state index is -0.0986. The molecule has 6 rings (SSSR count). The summed E-state index contributed by atoms with van der Waals surface area (Å²) in [6.07, 6.45) is 6.54. The van der Waals surface area contributed by atoms with Crippen molar-refractivity contribution in [2.45, 2.75) is 57.2 Å². The summed E-state index contributed by atoms with van der Waals surface area (Å²) < 4.78 is 7.49. The summed E-state index contributed by atoms with van der Waals surface area (Å²) in [5, 5.41) is 0.971. The number of aryl methyl sites for hydroxylation is 1. The lowest BCUT2D eigenvalue weighted by Gasteiger charge is -2.38. The van der Waals surface area contributed by atoms with Gasteiger partial charge in [-0.3, -0.25) is 9.36 Å². The number of aromatic amines is 1. The maximum atomic E-state index is 13.5. The van der Waals surface area contributed by atoms with E-state index in [2.05, 4.69) is 14.9 Å². The maximum absolute atomic E-state index is 13.5. The van der Waals surface area contributed by atoms with Crippen LogP contribution in [0.4, 0.5) is 5.95 Å². The highest BCUT2D eigenvalue weighted by Gasteiger charge is 2.41. The number of anilines is 1. The van der Waals surface area contributed by atoms with Gasteiger partial charge in [0.05, 0.1) is 10.4 Å². The molecule has 3 aromatic heterocycles. The van der Waals surface area contributed by atoms with Gasteiger partial charge in [0.25, 0.3) is 5.56 Å². The Morgan fingerprint density at radius 1 is 1.22 bits per heavy atom. The van der Waals surface area contributed by atoms with Gasteiger partial charge in [-0.05, 0) is 31.7 Å². The number of oxazole rings is 1. The van der Waals surface area contributed by atoms with Crippen molar-refractivity contribution >= 4 is 39.7 Å². The molecule has 5 heterocycles. The third-order valence-electron chi connectivity index (χ3n) is 7.02. The number of nitrogens with two attached hydrogens (primary N) is 1. The molecule has 2 aliphatic rings. The van der Waals surface area contributed by atoms with Crippen molar-refractivity contribution < 1.29 is 4.42 Å². The van der Waals surface area contributed by atoms with E-state index in [-0.39, 0.29) is 11.6 Å². The fourth-order valence-corrected chi connectivity index (χ4v) is 5.81. The van der Waals surface area contributed by atoms with Gasteiger partial charge < -0.3 is 20.0 Å². The van der Waals surface area contributed by atoms with Crippen LogP contribution < -0.4 is 16.2 Å². The first-order valence-corrected chi connectivity index (χ1v) is 11.5. The van der Waals surface area contributed by atoms with Crippen molar-refractivity contribution in [1.29, 1.82) is 0 Å². The molecule has 0 amide bonds. The van der Waals surface area contributed by atoms with E-state index in [9.17, 15) is 4.79 Å². The average Bonchev–Trinajstić information content (AvgIpc) is 3.46. The monoisotopic (exact) mass is 452 g/mol. The zero-order chi connectivity index (χ0) is 22.1. The van der Waals surface area contributed by atoms with Gasteiger partial charge in [0, 0.05) is 48.9 Å². The number of H-pyrrole nitrogens is 1. The van der Waals surface area contributed by atoms with Crippen molar-refractivity contribution in [3.63, 3.8) is 0 Å². The maximum Gasteiger partial charge on any atom is 0.264 e. The van der Waals surface area contributed by atoms with Crippen molar-refractivity contribution in [2.75, 3.05) is 4.90 Å². The van der Waals surface area contributed by atoms with Crippen LogP contribution in [-0.4, -0.2) is 37.6 Å². The largest absolute Gasteiger partial charge is 0.439 e. The van der Waals surface area contributed by atoms with Crippen molar-refractivity contribution in [1.82, 2.24) is 19.5 Å². The molecule has 0 saturated carbocycles.